The molecule has 2 N–H and O–H groups in total. The quantitative estimate of drug-likeness (QED) is 0.510. The minimum absolute atomic E-state index is 0.239. The monoisotopic (exact) mass is 448 g/mol. The number of halogens is 1. The number of hydrogen-bond donors (Lipinski definition) is 2. The minimum Gasteiger partial charge on any atom is -0.493 e. The minimum atomic E-state index is -0.326. The lowest BCUT2D eigenvalue weighted by Crippen LogP contribution is -2.20. The zero-order chi connectivity index (χ0) is 21.0. The average molecular weight is 449 g/mol. The van der Waals surface area contributed by atoms with Crippen LogP contribution in [0, 0.1) is 6.92 Å². The highest BCUT2D eigenvalue weighted by molar-refractivity contribution is 8.26. The van der Waals surface area contributed by atoms with E-state index in [0.29, 0.717) is 26.2 Å². The molecule has 2 aromatic rings. The summed E-state index contributed by atoms with van der Waals surface area (Å²) in [7, 11) is 1.47. The van der Waals surface area contributed by atoms with E-state index in [0.717, 1.165) is 5.56 Å². The fourth-order valence-corrected chi connectivity index (χ4v) is 3.91. The number of ether oxygens (including phenoxy) is 2. The second kappa shape index (κ2) is 9.30. The van der Waals surface area contributed by atoms with Gasteiger partial charge in [-0.05, 0) is 48.4 Å². The van der Waals surface area contributed by atoms with E-state index < -0.39 is 0 Å². The number of thiocarbonyl (C=S) groups is 1. The van der Waals surface area contributed by atoms with Crippen LogP contribution in [0.5, 0.6) is 11.5 Å². The van der Waals surface area contributed by atoms with Gasteiger partial charge < -0.3 is 20.1 Å². The summed E-state index contributed by atoms with van der Waals surface area (Å²) in [5, 5.41) is 5.57. The normalized spacial score (nSPS) is 14.7. The Kier molecular flexibility index (Phi) is 6.79. The van der Waals surface area contributed by atoms with Crippen LogP contribution >= 0.6 is 35.6 Å². The zero-order valence-corrected chi connectivity index (χ0v) is 18.0. The first-order valence-electron chi connectivity index (χ1n) is 8.47. The lowest BCUT2D eigenvalue weighted by Gasteiger charge is -2.13. The van der Waals surface area contributed by atoms with E-state index in [2.05, 4.69) is 10.6 Å². The van der Waals surface area contributed by atoms with Crippen LogP contribution in [-0.2, 0) is 9.59 Å². The van der Waals surface area contributed by atoms with Crippen molar-refractivity contribution in [3.05, 3.63) is 57.5 Å². The highest BCUT2D eigenvalue weighted by atomic mass is 35.5. The van der Waals surface area contributed by atoms with Crippen LogP contribution in [0.1, 0.15) is 11.1 Å². The van der Waals surface area contributed by atoms with E-state index >= 15 is 0 Å². The molecule has 2 aromatic carbocycles. The Hall–Kier alpha value is -2.55. The number of rotatable bonds is 6. The smallest absolute Gasteiger partial charge is 0.263 e. The largest absolute Gasteiger partial charge is 0.493 e. The Morgan fingerprint density at radius 2 is 2.14 bits per heavy atom. The van der Waals surface area contributed by atoms with E-state index in [1.165, 1.54) is 18.9 Å². The summed E-state index contributed by atoms with van der Waals surface area (Å²) in [5.41, 5.74) is 2.36. The van der Waals surface area contributed by atoms with Gasteiger partial charge in [-0.1, -0.05) is 47.7 Å². The van der Waals surface area contributed by atoms with Gasteiger partial charge in [0, 0.05) is 5.69 Å². The lowest BCUT2D eigenvalue weighted by atomic mass is 10.2. The van der Waals surface area contributed by atoms with Crippen LogP contribution in [0.25, 0.3) is 6.08 Å². The van der Waals surface area contributed by atoms with Gasteiger partial charge in [0.15, 0.2) is 18.1 Å². The van der Waals surface area contributed by atoms with Gasteiger partial charge in [-0.25, -0.2) is 0 Å². The molecular formula is C20H17ClN2O4S2. The Balaban J connectivity index is 1.72. The maximum absolute atomic E-state index is 12.2. The molecule has 150 valence electrons. The van der Waals surface area contributed by atoms with Crippen LogP contribution < -0.4 is 20.1 Å². The topological polar surface area (TPSA) is 76.7 Å². The third-order valence-electron chi connectivity index (χ3n) is 3.84. The molecular weight excluding hydrogens is 432 g/mol. The van der Waals surface area contributed by atoms with E-state index in [1.54, 1.807) is 24.3 Å². The first-order chi connectivity index (χ1) is 13.9. The maximum Gasteiger partial charge on any atom is 0.263 e. The first-order valence-corrected chi connectivity index (χ1v) is 10.1. The Labute approximate surface area is 182 Å². The summed E-state index contributed by atoms with van der Waals surface area (Å²) in [5.74, 6) is 0.00383. The molecule has 1 fully saturated rings. The number of aryl methyl sites for hydroxylation is 1. The van der Waals surface area contributed by atoms with Crippen LogP contribution in [0.3, 0.4) is 0 Å². The molecule has 0 radical (unpaired) electrons. The first kappa shape index (κ1) is 21.2. The molecule has 1 aliphatic heterocycles. The number of benzene rings is 2. The van der Waals surface area contributed by atoms with Crippen molar-refractivity contribution in [2.45, 2.75) is 6.92 Å². The summed E-state index contributed by atoms with van der Waals surface area (Å²) < 4.78 is 11.3. The van der Waals surface area contributed by atoms with Crippen molar-refractivity contribution in [3.63, 3.8) is 0 Å². The Morgan fingerprint density at radius 3 is 2.79 bits per heavy atom. The molecule has 9 heteroatoms. The molecule has 3 rings (SSSR count). The van der Waals surface area contributed by atoms with Crippen LogP contribution in [0.4, 0.5) is 5.69 Å². The molecule has 0 saturated carbocycles. The number of thioether (sulfide) groups is 1. The summed E-state index contributed by atoms with van der Waals surface area (Å²) >= 11 is 12.5. The number of methoxy groups -OCH3 is 1. The molecule has 1 heterocycles. The number of nitrogens with one attached hydrogen (secondary N) is 2. The number of carbonyl (C=O) groups excluding carboxylic acids is 2. The zero-order valence-electron chi connectivity index (χ0n) is 15.6. The van der Waals surface area contributed by atoms with E-state index in [4.69, 9.17) is 33.3 Å². The highest BCUT2D eigenvalue weighted by Gasteiger charge is 2.22. The van der Waals surface area contributed by atoms with Crippen LogP contribution in [0.2, 0.25) is 5.02 Å². The third kappa shape index (κ3) is 5.50. The van der Waals surface area contributed by atoms with E-state index in [9.17, 15) is 9.59 Å². The van der Waals surface area contributed by atoms with Gasteiger partial charge in [0.2, 0.25) is 0 Å². The predicted molar refractivity (Wildman–Crippen MR) is 120 cm³/mol. The molecule has 1 aliphatic rings. The van der Waals surface area contributed by atoms with Crippen molar-refractivity contribution >= 4 is 63.5 Å². The summed E-state index contributed by atoms with van der Waals surface area (Å²) in [6, 6.07) is 10.7. The van der Waals surface area contributed by atoms with Gasteiger partial charge in [-0.15, -0.1) is 0 Å². The number of anilines is 1. The molecule has 6 nitrogen and oxygen atoms in total. The lowest BCUT2D eigenvalue weighted by molar-refractivity contribution is -0.118. The highest BCUT2D eigenvalue weighted by Crippen LogP contribution is 2.38. The van der Waals surface area contributed by atoms with Crippen molar-refractivity contribution in [1.82, 2.24) is 5.32 Å². The maximum atomic E-state index is 12.2. The molecule has 0 bridgehead atoms. The number of amides is 2. The molecule has 0 atom stereocenters. The summed E-state index contributed by atoms with van der Waals surface area (Å²) in [6.07, 6.45) is 1.65. The SMILES string of the molecule is COc1cc(C=C2SC(=S)NC2=O)cc(Cl)c1OCC(=O)Nc1cccc(C)c1. The molecule has 2 amide bonds. The van der Waals surface area contributed by atoms with Crippen LogP contribution in [0.15, 0.2) is 41.3 Å². The van der Waals surface area contributed by atoms with E-state index in [-0.39, 0.29) is 29.2 Å². The van der Waals surface area contributed by atoms with Crippen molar-refractivity contribution in [2.24, 2.45) is 0 Å². The standard InChI is InChI=1S/C20H17ClN2O4S2/c1-11-4-3-5-13(6-11)22-17(24)10-27-18-14(21)7-12(8-15(18)26-2)9-16-19(25)23-20(28)29-16/h3-9H,10H2,1-2H3,(H,22,24)(H,23,25,28). The second-order valence-electron chi connectivity index (χ2n) is 6.09. The summed E-state index contributed by atoms with van der Waals surface area (Å²) in [6.45, 7) is 1.70. The van der Waals surface area contributed by atoms with Crippen molar-refractivity contribution in [1.29, 1.82) is 0 Å². The van der Waals surface area contributed by atoms with Gasteiger partial charge in [-0.2, -0.15) is 0 Å². The van der Waals surface area contributed by atoms with Crippen LogP contribution in [-0.4, -0.2) is 29.9 Å². The molecule has 0 spiro atoms. The second-order valence-corrected chi connectivity index (χ2v) is 8.22. The summed E-state index contributed by atoms with van der Waals surface area (Å²) in [4.78, 5) is 24.5. The van der Waals surface area contributed by atoms with Gasteiger partial charge in [0.25, 0.3) is 11.8 Å². The molecule has 0 aromatic heterocycles. The molecule has 1 saturated heterocycles. The van der Waals surface area contributed by atoms with Crippen molar-refractivity contribution < 1.29 is 19.1 Å². The molecule has 0 aliphatic carbocycles. The van der Waals surface area contributed by atoms with Gasteiger partial charge in [0.05, 0.1) is 17.0 Å². The number of hydrogen-bond acceptors (Lipinski definition) is 6. The Morgan fingerprint density at radius 1 is 1.34 bits per heavy atom. The molecule has 0 unspecified atom stereocenters. The van der Waals surface area contributed by atoms with E-state index in [1.807, 2.05) is 25.1 Å². The molecule has 29 heavy (non-hydrogen) atoms. The Bertz CT molecular complexity index is 1020. The van der Waals surface area contributed by atoms with Crippen molar-refractivity contribution in [3.8, 4) is 11.5 Å². The third-order valence-corrected chi connectivity index (χ3v) is 5.28. The predicted octanol–water partition coefficient (Wildman–Crippen LogP) is 4.16. The van der Waals surface area contributed by atoms with Gasteiger partial charge in [-0.3, -0.25) is 9.59 Å². The van der Waals surface area contributed by atoms with Gasteiger partial charge >= 0.3 is 0 Å². The van der Waals surface area contributed by atoms with Gasteiger partial charge in [0.1, 0.15) is 4.32 Å². The fourth-order valence-electron chi connectivity index (χ4n) is 2.59. The number of carbonyl (C=O) groups is 2. The van der Waals surface area contributed by atoms with Crippen molar-refractivity contribution in [2.75, 3.05) is 19.0 Å². The fraction of sp³-hybridized carbons (Fsp3) is 0.150. The average Bonchev–Trinajstić information content (AvgIpc) is 2.97.